The highest BCUT2D eigenvalue weighted by Gasteiger charge is 2.18. The van der Waals surface area contributed by atoms with Crippen LogP contribution in [0.3, 0.4) is 0 Å². The molecule has 1 heterocycles. The molecule has 20 heavy (non-hydrogen) atoms. The van der Waals surface area contributed by atoms with Crippen LogP contribution in [0.1, 0.15) is 26.2 Å². The summed E-state index contributed by atoms with van der Waals surface area (Å²) in [6.45, 7) is 4.83. The number of nitrogens with one attached hydrogen (secondary N) is 1. The van der Waals surface area contributed by atoms with Crippen molar-refractivity contribution in [2.75, 3.05) is 25.4 Å². The highest BCUT2D eigenvalue weighted by atomic mass is 32.2. The number of hydrogen-bond donors (Lipinski definition) is 1. The smallest absolute Gasteiger partial charge is 0.179 e. The Bertz CT molecular complexity index is 496. The zero-order valence-corrected chi connectivity index (χ0v) is 12.9. The van der Waals surface area contributed by atoms with Crippen LogP contribution in [-0.4, -0.2) is 44.9 Å². The van der Waals surface area contributed by atoms with Gasteiger partial charge < -0.3 is 5.32 Å². The number of piperidine rings is 1. The van der Waals surface area contributed by atoms with Gasteiger partial charge in [-0.3, -0.25) is 4.90 Å². The van der Waals surface area contributed by atoms with Crippen LogP contribution in [0.5, 0.6) is 0 Å². The monoisotopic (exact) mass is 296 g/mol. The summed E-state index contributed by atoms with van der Waals surface area (Å²) in [5, 5.41) is 3.32. The third-order valence-corrected chi connectivity index (χ3v) is 5.58. The topological polar surface area (TPSA) is 49.4 Å². The molecule has 1 saturated heterocycles. The van der Waals surface area contributed by atoms with E-state index in [1.807, 2.05) is 6.07 Å². The maximum absolute atomic E-state index is 12.1. The van der Waals surface area contributed by atoms with Crippen molar-refractivity contribution in [1.29, 1.82) is 0 Å². The van der Waals surface area contributed by atoms with Gasteiger partial charge in [-0.2, -0.15) is 0 Å². The van der Waals surface area contributed by atoms with Crippen LogP contribution in [-0.2, 0) is 9.84 Å². The molecule has 1 atom stereocenters. The summed E-state index contributed by atoms with van der Waals surface area (Å²) in [5.41, 5.74) is 0. The van der Waals surface area contributed by atoms with Gasteiger partial charge >= 0.3 is 0 Å². The molecule has 1 aliphatic heterocycles. The van der Waals surface area contributed by atoms with Gasteiger partial charge in [0.15, 0.2) is 9.84 Å². The van der Waals surface area contributed by atoms with Gasteiger partial charge in [-0.15, -0.1) is 0 Å². The third kappa shape index (κ3) is 4.30. The van der Waals surface area contributed by atoms with E-state index in [1.54, 1.807) is 24.3 Å². The van der Waals surface area contributed by atoms with Gasteiger partial charge in [0.2, 0.25) is 0 Å². The van der Waals surface area contributed by atoms with Gasteiger partial charge in [0, 0.05) is 6.54 Å². The standard InChI is InChI=1S/C15H24N2O2S/c1-14(17-11-6-3-7-12-17)16-10-13-20(18,19)15-8-4-2-5-9-15/h2,4-5,8-9,14,16H,3,6-7,10-13H2,1H3. The molecule has 0 aliphatic carbocycles. The minimum Gasteiger partial charge on any atom is -0.301 e. The predicted octanol–water partition coefficient (Wildman–Crippen LogP) is 1.88. The number of likely N-dealkylation sites (tertiary alicyclic amines) is 1. The van der Waals surface area contributed by atoms with Gasteiger partial charge in [0.1, 0.15) is 0 Å². The molecule has 0 amide bonds. The molecule has 1 aromatic rings. The lowest BCUT2D eigenvalue weighted by atomic mass is 10.1. The highest BCUT2D eigenvalue weighted by molar-refractivity contribution is 7.91. The quantitative estimate of drug-likeness (QED) is 0.871. The molecule has 0 bridgehead atoms. The molecular formula is C15H24N2O2S. The normalized spacial score (nSPS) is 18.9. The summed E-state index contributed by atoms with van der Waals surface area (Å²) in [4.78, 5) is 2.80. The first-order valence-electron chi connectivity index (χ1n) is 7.35. The summed E-state index contributed by atoms with van der Waals surface area (Å²) in [6.07, 6.45) is 4.05. The summed E-state index contributed by atoms with van der Waals surface area (Å²) in [5.74, 6) is 0.148. The van der Waals surface area contributed by atoms with E-state index in [-0.39, 0.29) is 11.9 Å². The molecule has 2 rings (SSSR count). The minimum absolute atomic E-state index is 0.148. The van der Waals surface area contributed by atoms with Gasteiger partial charge in [-0.1, -0.05) is 24.6 Å². The second kappa shape index (κ2) is 7.20. The number of rotatable bonds is 6. The molecule has 1 unspecified atom stereocenters. The van der Waals surface area contributed by atoms with E-state index in [1.165, 1.54) is 19.3 Å². The fourth-order valence-corrected chi connectivity index (χ4v) is 3.78. The Morgan fingerprint density at radius 1 is 1.15 bits per heavy atom. The van der Waals surface area contributed by atoms with Crippen LogP contribution < -0.4 is 5.32 Å². The first-order valence-corrected chi connectivity index (χ1v) is 9.00. The van der Waals surface area contributed by atoms with E-state index >= 15 is 0 Å². The SMILES string of the molecule is CC(NCCS(=O)(=O)c1ccccc1)N1CCCCC1. The Labute approximate surface area is 122 Å². The third-order valence-electron chi connectivity index (χ3n) is 3.85. The zero-order valence-electron chi connectivity index (χ0n) is 12.1. The van der Waals surface area contributed by atoms with E-state index in [4.69, 9.17) is 0 Å². The lowest BCUT2D eigenvalue weighted by molar-refractivity contribution is 0.150. The zero-order chi connectivity index (χ0) is 14.4. The molecule has 0 spiro atoms. The number of benzene rings is 1. The van der Waals surface area contributed by atoms with Crippen molar-refractivity contribution in [2.45, 2.75) is 37.2 Å². The van der Waals surface area contributed by atoms with Crippen molar-refractivity contribution in [3.8, 4) is 0 Å². The van der Waals surface area contributed by atoms with Crippen LogP contribution in [0.2, 0.25) is 0 Å². The van der Waals surface area contributed by atoms with Crippen LogP contribution in [0.25, 0.3) is 0 Å². The second-order valence-corrected chi connectivity index (χ2v) is 7.47. The Hall–Kier alpha value is -0.910. The number of hydrogen-bond acceptors (Lipinski definition) is 4. The van der Waals surface area contributed by atoms with Gasteiger partial charge in [0.25, 0.3) is 0 Å². The predicted molar refractivity (Wildman–Crippen MR) is 81.4 cm³/mol. The van der Waals surface area contributed by atoms with Crippen LogP contribution >= 0.6 is 0 Å². The molecule has 0 saturated carbocycles. The molecule has 4 nitrogen and oxygen atoms in total. The molecule has 1 N–H and O–H groups in total. The Balaban J connectivity index is 1.80. The van der Waals surface area contributed by atoms with Crippen molar-refractivity contribution in [3.05, 3.63) is 30.3 Å². The molecule has 1 fully saturated rings. The van der Waals surface area contributed by atoms with E-state index in [9.17, 15) is 8.42 Å². The molecule has 1 aliphatic rings. The lowest BCUT2D eigenvalue weighted by Crippen LogP contribution is -2.47. The fraction of sp³-hybridized carbons (Fsp3) is 0.600. The Kier molecular flexibility index (Phi) is 5.57. The summed E-state index contributed by atoms with van der Waals surface area (Å²) in [7, 11) is -3.17. The number of nitrogens with zero attached hydrogens (tertiary/aromatic N) is 1. The first-order chi connectivity index (χ1) is 9.59. The highest BCUT2D eigenvalue weighted by Crippen LogP contribution is 2.11. The van der Waals surface area contributed by atoms with Crippen LogP contribution in [0.15, 0.2) is 35.2 Å². The molecule has 0 aromatic heterocycles. The summed E-state index contributed by atoms with van der Waals surface area (Å²) < 4.78 is 24.3. The Morgan fingerprint density at radius 2 is 1.80 bits per heavy atom. The van der Waals surface area contributed by atoms with Gasteiger partial charge in [-0.05, 0) is 45.0 Å². The number of sulfone groups is 1. The molecular weight excluding hydrogens is 272 g/mol. The van der Waals surface area contributed by atoms with Crippen LogP contribution in [0.4, 0.5) is 0 Å². The maximum atomic E-state index is 12.1. The van der Waals surface area contributed by atoms with Gasteiger partial charge in [-0.25, -0.2) is 8.42 Å². The van der Waals surface area contributed by atoms with Gasteiger partial charge in [0.05, 0.1) is 16.8 Å². The average Bonchev–Trinajstić information content (AvgIpc) is 2.49. The fourth-order valence-electron chi connectivity index (χ4n) is 2.58. The van der Waals surface area contributed by atoms with E-state index in [0.717, 1.165) is 13.1 Å². The van der Waals surface area contributed by atoms with Crippen molar-refractivity contribution in [2.24, 2.45) is 0 Å². The molecule has 112 valence electrons. The van der Waals surface area contributed by atoms with E-state index in [2.05, 4.69) is 17.1 Å². The van der Waals surface area contributed by atoms with Crippen molar-refractivity contribution in [3.63, 3.8) is 0 Å². The van der Waals surface area contributed by atoms with Crippen LogP contribution in [0, 0.1) is 0 Å². The minimum atomic E-state index is -3.17. The Morgan fingerprint density at radius 3 is 2.45 bits per heavy atom. The second-order valence-electron chi connectivity index (χ2n) is 5.36. The molecule has 0 radical (unpaired) electrons. The van der Waals surface area contributed by atoms with E-state index in [0.29, 0.717) is 11.4 Å². The van der Waals surface area contributed by atoms with E-state index < -0.39 is 9.84 Å². The molecule has 1 aromatic carbocycles. The molecule has 5 heteroatoms. The van der Waals surface area contributed by atoms with Crippen molar-refractivity contribution in [1.82, 2.24) is 10.2 Å². The summed E-state index contributed by atoms with van der Waals surface area (Å²) in [6, 6.07) is 8.66. The summed E-state index contributed by atoms with van der Waals surface area (Å²) >= 11 is 0. The average molecular weight is 296 g/mol. The largest absolute Gasteiger partial charge is 0.301 e. The lowest BCUT2D eigenvalue weighted by Gasteiger charge is -2.32. The maximum Gasteiger partial charge on any atom is 0.179 e. The van der Waals surface area contributed by atoms with Crippen molar-refractivity contribution < 1.29 is 8.42 Å². The van der Waals surface area contributed by atoms with Crippen molar-refractivity contribution >= 4 is 9.84 Å². The first kappa shape index (κ1) is 15.5.